The highest BCUT2D eigenvalue weighted by molar-refractivity contribution is 5.92. The van der Waals surface area contributed by atoms with E-state index in [0.29, 0.717) is 25.7 Å². The summed E-state index contributed by atoms with van der Waals surface area (Å²) in [6, 6.07) is 0. The van der Waals surface area contributed by atoms with Gasteiger partial charge in [0, 0.05) is 12.8 Å². The summed E-state index contributed by atoms with van der Waals surface area (Å²) in [6.45, 7) is 5.38. The van der Waals surface area contributed by atoms with Gasteiger partial charge in [-0.25, -0.2) is 4.79 Å². The van der Waals surface area contributed by atoms with Gasteiger partial charge in [-0.05, 0) is 40.0 Å². The van der Waals surface area contributed by atoms with Crippen molar-refractivity contribution in [2.24, 2.45) is 0 Å². The average Bonchev–Trinajstić information content (AvgIpc) is 2.17. The molecule has 0 atom stereocenters. The number of amides is 1. The Morgan fingerprint density at radius 2 is 2.00 bits per heavy atom. The maximum Gasteiger partial charge on any atom is 0.408 e. The van der Waals surface area contributed by atoms with E-state index in [9.17, 15) is 9.59 Å². The van der Waals surface area contributed by atoms with E-state index in [1.807, 2.05) is 0 Å². The van der Waals surface area contributed by atoms with Gasteiger partial charge in [0.15, 0.2) is 5.78 Å². The minimum atomic E-state index is -0.737. The van der Waals surface area contributed by atoms with Crippen LogP contribution in [0, 0.1) is 12.3 Å². The van der Waals surface area contributed by atoms with E-state index >= 15 is 0 Å². The van der Waals surface area contributed by atoms with Gasteiger partial charge in [0.25, 0.3) is 0 Å². The second-order valence-electron chi connectivity index (χ2n) is 5.69. The number of Topliss-reactive ketones (excluding diaryl/α,β-unsaturated/α-hetero) is 1. The van der Waals surface area contributed by atoms with E-state index in [2.05, 4.69) is 11.2 Å². The maximum absolute atomic E-state index is 12.0. The molecule has 100 valence electrons. The van der Waals surface area contributed by atoms with Crippen molar-refractivity contribution in [3.8, 4) is 12.3 Å². The number of hydrogen-bond acceptors (Lipinski definition) is 3. The molecule has 0 aromatic carbocycles. The van der Waals surface area contributed by atoms with Crippen LogP contribution in [0.4, 0.5) is 4.79 Å². The first-order chi connectivity index (χ1) is 8.29. The van der Waals surface area contributed by atoms with Crippen molar-refractivity contribution in [2.45, 2.75) is 64.0 Å². The lowest BCUT2D eigenvalue weighted by atomic mass is 9.72. The second kappa shape index (κ2) is 5.43. The Bertz CT molecular complexity index is 369. The van der Waals surface area contributed by atoms with Crippen LogP contribution in [0.3, 0.4) is 0 Å². The van der Waals surface area contributed by atoms with Crippen molar-refractivity contribution < 1.29 is 14.3 Å². The summed E-state index contributed by atoms with van der Waals surface area (Å²) >= 11 is 0. The molecule has 1 aliphatic rings. The molecule has 1 saturated carbocycles. The number of ketones is 1. The van der Waals surface area contributed by atoms with E-state index < -0.39 is 17.2 Å². The van der Waals surface area contributed by atoms with Crippen LogP contribution in [-0.4, -0.2) is 23.0 Å². The van der Waals surface area contributed by atoms with Crippen LogP contribution in [0.2, 0.25) is 0 Å². The molecule has 0 radical (unpaired) electrons. The fourth-order valence-electron chi connectivity index (χ4n) is 1.93. The molecule has 4 heteroatoms. The van der Waals surface area contributed by atoms with Crippen LogP contribution in [0.25, 0.3) is 0 Å². The van der Waals surface area contributed by atoms with Gasteiger partial charge in [-0.15, -0.1) is 12.3 Å². The van der Waals surface area contributed by atoms with Crippen molar-refractivity contribution in [1.82, 2.24) is 5.32 Å². The average molecular weight is 251 g/mol. The fourth-order valence-corrected chi connectivity index (χ4v) is 1.93. The zero-order chi connectivity index (χ0) is 13.8. The van der Waals surface area contributed by atoms with Crippen LogP contribution < -0.4 is 5.32 Å². The Labute approximate surface area is 108 Å². The Balaban J connectivity index is 2.58. The number of rotatable bonds is 4. The van der Waals surface area contributed by atoms with Gasteiger partial charge in [0.05, 0.1) is 0 Å². The second-order valence-corrected chi connectivity index (χ2v) is 5.69. The summed E-state index contributed by atoms with van der Waals surface area (Å²) in [5.41, 5.74) is -1.30. The van der Waals surface area contributed by atoms with Crippen LogP contribution in [0.15, 0.2) is 0 Å². The molecule has 0 aliphatic heterocycles. The minimum Gasteiger partial charge on any atom is -0.444 e. The molecule has 0 heterocycles. The molecule has 1 rings (SSSR count). The minimum absolute atomic E-state index is 0.0116. The predicted molar refractivity (Wildman–Crippen MR) is 69.0 cm³/mol. The van der Waals surface area contributed by atoms with E-state index in [1.165, 1.54) is 0 Å². The molecule has 1 aliphatic carbocycles. The third kappa shape index (κ3) is 3.76. The summed E-state index contributed by atoms with van der Waals surface area (Å²) < 4.78 is 5.18. The number of carbonyl (C=O) groups excluding carboxylic acids is 2. The van der Waals surface area contributed by atoms with Crippen LogP contribution in [0.1, 0.15) is 52.9 Å². The molecule has 0 aromatic rings. The van der Waals surface area contributed by atoms with Crippen molar-refractivity contribution in [3.63, 3.8) is 0 Å². The standard InChI is InChI=1S/C14H21NO3/c1-5-6-8-11(16)14(9-7-10-14)15-12(17)18-13(2,3)4/h1H,6-10H2,2-4H3,(H,15,17). The van der Waals surface area contributed by atoms with Gasteiger partial charge in [-0.2, -0.15) is 0 Å². The van der Waals surface area contributed by atoms with Crippen molar-refractivity contribution in [2.75, 3.05) is 0 Å². The molecule has 0 spiro atoms. The fraction of sp³-hybridized carbons (Fsp3) is 0.714. The molecule has 0 unspecified atom stereocenters. The molecule has 0 aromatic heterocycles. The lowest BCUT2D eigenvalue weighted by Gasteiger charge is -2.41. The van der Waals surface area contributed by atoms with Gasteiger partial charge < -0.3 is 10.1 Å². The monoisotopic (exact) mass is 251 g/mol. The largest absolute Gasteiger partial charge is 0.444 e. The first-order valence-corrected chi connectivity index (χ1v) is 6.27. The molecule has 1 fully saturated rings. The SMILES string of the molecule is C#CCCC(=O)C1(NC(=O)OC(C)(C)C)CCC1. The smallest absolute Gasteiger partial charge is 0.408 e. The molecule has 1 N–H and O–H groups in total. The number of nitrogens with one attached hydrogen (secondary N) is 1. The molecule has 0 saturated heterocycles. The molecular weight excluding hydrogens is 230 g/mol. The number of carbonyl (C=O) groups is 2. The Kier molecular flexibility index (Phi) is 4.39. The maximum atomic E-state index is 12.0. The summed E-state index contributed by atoms with van der Waals surface area (Å²) in [5, 5.41) is 2.72. The number of alkyl carbamates (subject to hydrolysis) is 1. The first kappa shape index (κ1) is 14.6. The number of ether oxygens (including phenoxy) is 1. The third-order valence-electron chi connectivity index (χ3n) is 2.98. The normalized spacial score (nSPS) is 17.2. The predicted octanol–water partition coefficient (Wildman–Crippen LogP) is 2.42. The Morgan fingerprint density at radius 3 is 2.39 bits per heavy atom. The molecule has 4 nitrogen and oxygen atoms in total. The van der Waals surface area contributed by atoms with Crippen LogP contribution in [0.5, 0.6) is 0 Å². The van der Waals surface area contributed by atoms with E-state index in [0.717, 1.165) is 6.42 Å². The van der Waals surface area contributed by atoms with Gasteiger partial charge in [0.2, 0.25) is 0 Å². The zero-order valence-electron chi connectivity index (χ0n) is 11.3. The summed E-state index contributed by atoms with van der Waals surface area (Å²) in [6.07, 6.45) is 7.64. The van der Waals surface area contributed by atoms with Gasteiger partial charge in [0.1, 0.15) is 11.1 Å². The van der Waals surface area contributed by atoms with Gasteiger partial charge >= 0.3 is 6.09 Å². The van der Waals surface area contributed by atoms with Crippen LogP contribution in [-0.2, 0) is 9.53 Å². The lowest BCUT2D eigenvalue weighted by molar-refractivity contribution is -0.128. The van der Waals surface area contributed by atoms with E-state index in [4.69, 9.17) is 11.2 Å². The van der Waals surface area contributed by atoms with Gasteiger partial charge in [-0.3, -0.25) is 4.79 Å². The van der Waals surface area contributed by atoms with Crippen LogP contribution >= 0.6 is 0 Å². The first-order valence-electron chi connectivity index (χ1n) is 6.27. The van der Waals surface area contributed by atoms with E-state index in [1.54, 1.807) is 20.8 Å². The van der Waals surface area contributed by atoms with Crippen molar-refractivity contribution in [3.05, 3.63) is 0 Å². The summed E-state index contributed by atoms with van der Waals surface area (Å²) in [7, 11) is 0. The van der Waals surface area contributed by atoms with Gasteiger partial charge in [-0.1, -0.05) is 0 Å². The van der Waals surface area contributed by atoms with Crippen molar-refractivity contribution in [1.29, 1.82) is 0 Å². The Hall–Kier alpha value is -1.50. The molecular formula is C14H21NO3. The highest BCUT2D eigenvalue weighted by atomic mass is 16.6. The van der Waals surface area contributed by atoms with E-state index in [-0.39, 0.29) is 5.78 Å². The summed E-state index contributed by atoms with van der Waals surface area (Å²) in [4.78, 5) is 23.8. The zero-order valence-corrected chi connectivity index (χ0v) is 11.3. The number of hydrogen-bond donors (Lipinski definition) is 1. The Morgan fingerprint density at radius 1 is 1.39 bits per heavy atom. The highest BCUT2D eigenvalue weighted by Crippen LogP contribution is 2.34. The molecule has 18 heavy (non-hydrogen) atoms. The third-order valence-corrected chi connectivity index (χ3v) is 2.98. The molecule has 0 bridgehead atoms. The lowest BCUT2D eigenvalue weighted by Crippen LogP contribution is -2.59. The topological polar surface area (TPSA) is 55.4 Å². The number of terminal acetylenes is 1. The van der Waals surface area contributed by atoms with Crippen molar-refractivity contribution >= 4 is 11.9 Å². The summed E-state index contributed by atoms with van der Waals surface area (Å²) in [5.74, 6) is 2.46. The highest BCUT2D eigenvalue weighted by Gasteiger charge is 2.45. The molecule has 1 amide bonds. The quantitative estimate of drug-likeness (QED) is 0.781.